The summed E-state index contributed by atoms with van der Waals surface area (Å²) in [5.74, 6) is -1.08. The number of nitro benzene ring substituents is 2. The Kier molecular flexibility index (Phi) is 8.20. The zero-order valence-electron chi connectivity index (χ0n) is 16.4. The fourth-order valence-electron chi connectivity index (χ4n) is 2.29. The molecule has 166 valence electrons. The van der Waals surface area contributed by atoms with Gasteiger partial charge in [-0.05, 0) is 48.7 Å². The van der Waals surface area contributed by atoms with Gasteiger partial charge < -0.3 is 16.0 Å². The van der Waals surface area contributed by atoms with Crippen LogP contribution in [-0.4, -0.2) is 31.9 Å². The first-order valence-electron chi connectivity index (χ1n) is 8.86. The Hall–Kier alpha value is -4.04. The lowest BCUT2D eigenvalue weighted by molar-refractivity contribution is -0.394. The predicted molar refractivity (Wildman–Crippen MR) is 125 cm³/mol. The number of benzene rings is 2. The largest absolute Gasteiger partial charge is 0.332 e. The summed E-state index contributed by atoms with van der Waals surface area (Å²) in [5.41, 5.74) is -0.402. The van der Waals surface area contributed by atoms with Crippen molar-refractivity contribution in [2.75, 3.05) is 10.6 Å². The van der Waals surface area contributed by atoms with Crippen molar-refractivity contribution in [3.63, 3.8) is 0 Å². The normalized spacial score (nSPS) is 9.91. The molecule has 2 rings (SSSR count). The van der Waals surface area contributed by atoms with Crippen LogP contribution in [0.4, 0.5) is 22.7 Å². The standard InChI is InChI=1S/C18H16N6O6S2/c1-2-15(25)21-17(31)19-11-3-5-12(6-4-11)20-18(32)22-16(26)10-7-13(23(27)28)9-14(8-10)24(29)30/h3-9H,2H2,1H3,(H2,19,21,25,31)(H2,20,22,26,32). The smallest absolute Gasteiger partial charge is 0.277 e. The van der Waals surface area contributed by atoms with Crippen LogP contribution in [0.15, 0.2) is 42.5 Å². The van der Waals surface area contributed by atoms with Crippen molar-refractivity contribution in [1.82, 2.24) is 10.6 Å². The highest BCUT2D eigenvalue weighted by atomic mass is 32.1. The van der Waals surface area contributed by atoms with Gasteiger partial charge in [0.2, 0.25) is 5.91 Å². The van der Waals surface area contributed by atoms with Gasteiger partial charge in [0.25, 0.3) is 17.3 Å². The molecule has 0 aliphatic carbocycles. The third-order valence-corrected chi connectivity index (χ3v) is 4.20. The molecule has 2 aromatic carbocycles. The number of anilines is 2. The van der Waals surface area contributed by atoms with Gasteiger partial charge in [-0.1, -0.05) is 6.92 Å². The number of nitrogens with one attached hydrogen (secondary N) is 4. The van der Waals surface area contributed by atoms with Crippen LogP contribution in [0.5, 0.6) is 0 Å². The Morgan fingerprint density at radius 2 is 1.28 bits per heavy atom. The molecule has 0 bridgehead atoms. The van der Waals surface area contributed by atoms with E-state index in [9.17, 15) is 29.8 Å². The zero-order valence-corrected chi connectivity index (χ0v) is 18.0. The average molecular weight is 476 g/mol. The van der Waals surface area contributed by atoms with Crippen molar-refractivity contribution in [2.45, 2.75) is 13.3 Å². The molecule has 0 unspecified atom stereocenters. The van der Waals surface area contributed by atoms with Gasteiger partial charge in [-0.25, -0.2) is 0 Å². The molecule has 2 aromatic rings. The molecule has 0 fully saturated rings. The lowest BCUT2D eigenvalue weighted by Gasteiger charge is -2.12. The first-order chi connectivity index (χ1) is 15.1. The molecule has 0 radical (unpaired) electrons. The molecule has 0 heterocycles. The van der Waals surface area contributed by atoms with E-state index in [1.54, 1.807) is 31.2 Å². The number of nitrogens with zero attached hydrogens (tertiary/aromatic N) is 2. The van der Waals surface area contributed by atoms with Gasteiger partial charge in [0.05, 0.1) is 21.5 Å². The molecule has 0 aliphatic rings. The van der Waals surface area contributed by atoms with Gasteiger partial charge in [0.15, 0.2) is 10.2 Å². The number of thiocarbonyl (C=S) groups is 2. The summed E-state index contributed by atoms with van der Waals surface area (Å²) in [6, 6.07) is 9.08. The van der Waals surface area contributed by atoms with E-state index in [2.05, 4.69) is 21.3 Å². The summed E-state index contributed by atoms with van der Waals surface area (Å²) in [6.07, 6.45) is 0.289. The molecular formula is C18H16N6O6S2. The Bertz CT molecular complexity index is 1070. The molecular weight excluding hydrogens is 460 g/mol. The number of nitro groups is 2. The summed E-state index contributed by atoms with van der Waals surface area (Å²) in [4.78, 5) is 43.9. The molecule has 0 aliphatic heterocycles. The lowest BCUT2D eigenvalue weighted by Crippen LogP contribution is -2.34. The first-order valence-corrected chi connectivity index (χ1v) is 9.67. The third kappa shape index (κ3) is 7.03. The third-order valence-electron chi connectivity index (χ3n) is 3.79. The second-order valence-corrected chi connectivity index (χ2v) is 6.91. The maximum Gasteiger partial charge on any atom is 0.277 e. The van der Waals surface area contributed by atoms with Gasteiger partial charge >= 0.3 is 0 Å². The molecule has 0 atom stereocenters. The van der Waals surface area contributed by atoms with Crippen molar-refractivity contribution < 1.29 is 19.4 Å². The number of amides is 2. The number of carbonyl (C=O) groups is 2. The highest BCUT2D eigenvalue weighted by Crippen LogP contribution is 2.22. The highest BCUT2D eigenvalue weighted by molar-refractivity contribution is 7.80. The van der Waals surface area contributed by atoms with E-state index in [0.29, 0.717) is 11.4 Å². The van der Waals surface area contributed by atoms with Crippen LogP contribution >= 0.6 is 24.4 Å². The molecule has 2 amide bonds. The average Bonchev–Trinajstić information content (AvgIpc) is 2.74. The van der Waals surface area contributed by atoms with E-state index in [0.717, 1.165) is 18.2 Å². The number of hydrogen-bond donors (Lipinski definition) is 4. The van der Waals surface area contributed by atoms with E-state index in [-0.39, 0.29) is 28.1 Å². The summed E-state index contributed by atoms with van der Waals surface area (Å²) in [6.45, 7) is 1.69. The quantitative estimate of drug-likeness (QED) is 0.276. The Morgan fingerprint density at radius 1 is 0.844 bits per heavy atom. The summed E-state index contributed by atoms with van der Waals surface area (Å²) in [7, 11) is 0. The fourth-order valence-corrected chi connectivity index (χ4v) is 2.73. The SMILES string of the molecule is CCC(=O)NC(=S)Nc1ccc(NC(=S)NC(=O)c2cc([N+](=O)[O-])cc([N+](=O)[O-])c2)cc1. The number of hydrogen-bond acceptors (Lipinski definition) is 8. The fraction of sp³-hybridized carbons (Fsp3) is 0.111. The molecule has 12 nitrogen and oxygen atoms in total. The van der Waals surface area contributed by atoms with Crippen molar-refractivity contribution >= 4 is 69.2 Å². The minimum Gasteiger partial charge on any atom is -0.332 e. The van der Waals surface area contributed by atoms with Crippen molar-refractivity contribution in [3.8, 4) is 0 Å². The summed E-state index contributed by atoms with van der Waals surface area (Å²) < 4.78 is 0. The van der Waals surface area contributed by atoms with Crippen LogP contribution in [0.25, 0.3) is 0 Å². The van der Waals surface area contributed by atoms with Gasteiger partial charge in [0, 0.05) is 29.9 Å². The monoisotopic (exact) mass is 476 g/mol. The van der Waals surface area contributed by atoms with Crippen LogP contribution in [0.1, 0.15) is 23.7 Å². The first kappa shape index (κ1) is 24.2. The summed E-state index contributed by atoms with van der Waals surface area (Å²) >= 11 is 10.1. The Labute approximate surface area is 191 Å². The van der Waals surface area contributed by atoms with Crippen molar-refractivity contribution in [2.24, 2.45) is 0 Å². The van der Waals surface area contributed by atoms with Gasteiger partial charge in [-0.15, -0.1) is 0 Å². The maximum absolute atomic E-state index is 12.3. The van der Waals surface area contributed by atoms with E-state index in [1.165, 1.54) is 0 Å². The van der Waals surface area contributed by atoms with Gasteiger partial charge in [0.1, 0.15) is 0 Å². The molecule has 4 N–H and O–H groups in total. The zero-order chi connectivity index (χ0) is 23.8. The molecule has 0 spiro atoms. The predicted octanol–water partition coefficient (Wildman–Crippen LogP) is 2.85. The minimum atomic E-state index is -0.857. The lowest BCUT2D eigenvalue weighted by atomic mass is 10.1. The highest BCUT2D eigenvalue weighted by Gasteiger charge is 2.20. The van der Waals surface area contributed by atoms with Crippen LogP contribution in [0.2, 0.25) is 0 Å². The number of rotatable bonds is 6. The minimum absolute atomic E-state index is 0.129. The van der Waals surface area contributed by atoms with Crippen LogP contribution in [-0.2, 0) is 4.79 Å². The van der Waals surface area contributed by atoms with E-state index >= 15 is 0 Å². The molecule has 14 heteroatoms. The van der Waals surface area contributed by atoms with Crippen molar-refractivity contribution in [3.05, 3.63) is 68.3 Å². The Morgan fingerprint density at radius 3 is 1.69 bits per heavy atom. The van der Waals surface area contributed by atoms with E-state index in [4.69, 9.17) is 24.4 Å². The van der Waals surface area contributed by atoms with Crippen LogP contribution in [0, 0.1) is 20.2 Å². The molecule has 0 saturated carbocycles. The Balaban J connectivity index is 2.01. The van der Waals surface area contributed by atoms with Crippen LogP contribution in [0.3, 0.4) is 0 Å². The van der Waals surface area contributed by atoms with Gasteiger partial charge in [-0.3, -0.25) is 35.1 Å². The topological polar surface area (TPSA) is 169 Å². The van der Waals surface area contributed by atoms with Crippen LogP contribution < -0.4 is 21.3 Å². The van der Waals surface area contributed by atoms with E-state index < -0.39 is 27.1 Å². The van der Waals surface area contributed by atoms with Crippen molar-refractivity contribution in [1.29, 1.82) is 0 Å². The second-order valence-electron chi connectivity index (χ2n) is 6.09. The number of non-ortho nitro benzene ring substituents is 2. The molecule has 32 heavy (non-hydrogen) atoms. The maximum atomic E-state index is 12.3. The molecule has 0 aromatic heterocycles. The number of carbonyl (C=O) groups excluding carboxylic acids is 2. The molecule has 0 saturated heterocycles. The van der Waals surface area contributed by atoms with E-state index in [1.807, 2.05) is 0 Å². The second kappa shape index (κ2) is 10.8. The summed E-state index contributed by atoms with van der Waals surface area (Å²) in [5, 5.41) is 32.3. The van der Waals surface area contributed by atoms with Gasteiger partial charge in [-0.2, -0.15) is 0 Å².